The van der Waals surface area contributed by atoms with Gasteiger partial charge < -0.3 is 24.6 Å². The second kappa shape index (κ2) is 10.6. The lowest BCUT2D eigenvalue weighted by Crippen LogP contribution is -2.51. The van der Waals surface area contributed by atoms with Gasteiger partial charge in [0.05, 0.1) is 37.4 Å². The molecule has 0 aliphatic carbocycles. The van der Waals surface area contributed by atoms with Crippen LogP contribution in [0.25, 0.3) is 10.8 Å². The number of benzene rings is 2. The maximum atomic E-state index is 9.25. The molecule has 2 saturated heterocycles. The number of rotatable bonds is 6. The molecule has 2 atom stereocenters. The first-order chi connectivity index (χ1) is 18.2. The van der Waals surface area contributed by atoms with Crippen LogP contribution in [0.4, 0.5) is 11.5 Å². The lowest BCUT2D eigenvalue weighted by molar-refractivity contribution is 0.0283. The molecule has 37 heavy (non-hydrogen) atoms. The molecule has 0 saturated carbocycles. The smallest absolute Gasteiger partial charge is 0.156 e. The molecule has 3 aromatic rings. The summed E-state index contributed by atoms with van der Waals surface area (Å²) in [5.41, 5.74) is 4.87. The summed E-state index contributed by atoms with van der Waals surface area (Å²) in [5, 5.41) is 15.3. The minimum Gasteiger partial charge on any atom is -0.379 e. The van der Waals surface area contributed by atoms with Crippen molar-refractivity contribution in [3.63, 3.8) is 0 Å². The Kier molecular flexibility index (Phi) is 6.92. The van der Waals surface area contributed by atoms with E-state index in [2.05, 4.69) is 64.5 Å². The van der Waals surface area contributed by atoms with E-state index in [0.29, 0.717) is 19.6 Å². The van der Waals surface area contributed by atoms with Gasteiger partial charge >= 0.3 is 0 Å². The van der Waals surface area contributed by atoms with Gasteiger partial charge in [-0.1, -0.05) is 30.3 Å². The number of anilines is 2. The van der Waals surface area contributed by atoms with E-state index in [-0.39, 0.29) is 12.1 Å². The molecule has 2 fully saturated rings. The van der Waals surface area contributed by atoms with Crippen LogP contribution in [0.3, 0.4) is 0 Å². The van der Waals surface area contributed by atoms with Crippen molar-refractivity contribution < 1.29 is 9.47 Å². The first-order valence-corrected chi connectivity index (χ1v) is 13.4. The maximum Gasteiger partial charge on any atom is 0.156 e. The third-order valence-electron chi connectivity index (χ3n) is 7.75. The van der Waals surface area contributed by atoms with Gasteiger partial charge in [0.2, 0.25) is 0 Å². The van der Waals surface area contributed by atoms with Crippen molar-refractivity contribution in [1.82, 2.24) is 15.3 Å². The Bertz CT molecular complexity index is 1310. The zero-order valence-corrected chi connectivity index (χ0v) is 21.4. The van der Waals surface area contributed by atoms with Crippen molar-refractivity contribution in [2.24, 2.45) is 0 Å². The average Bonchev–Trinajstić information content (AvgIpc) is 3.45. The number of nitrogens with zero attached hydrogens (tertiary/aromatic N) is 5. The monoisotopic (exact) mass is 498 g/mol. The predicted molar refractivity (Wildman–Crippen MR) is 144 cm³/mol. The zero-order chi connectivity index (χ0) is 25.2. The average molecular weight is 499 g/mol. The van der Waals surface area contributed by atoms with Gasteiger partial charge in [0, 0.05) is 55.5 Å². The van der Waals surface area contributed by atoms with Crippen molar-refractivity contribution in [3.8, 4) is 6.07 Å². The van der Waals surface area contributed by atoms with Gasteiger partial charge in [-0.2, -0.15) is 5.26 Å². The Balaban J connectivity index is 1.34. The van der Waals surface area contributed by atoms with E-state index in [4.69, 9.17) is 19.4 Å². The van der Waals surface area contributed by atoms with E-state index in [9.17, 15) is 5.26 Å². The summed E-state index contributed by atoms with van der Waals surface area (Å²) < 4.78 is 11.6. The number of ether oxygens (including phenoxy) is 2. The predicted octanol–water partition coefficient (Wildman–Crippen LogP) is 3.50. The zero-order valence-electron chi connectivity index (χ0n) is 21.4. The molecule has 8 heteroatoms. The van der Waals surface area contributed by atoms with Crippen molar-refractivity contribution in [1.29, 1.82) is 5.26 Å². The Morgan fingerprint density at radius 1 is 1.16 bits per heavy atom. The van der Waals surface area contributed by atoms with Crippen LogP contribution < -0.4 is 15.1 Å². The quantitative estimate of drug-likeness (QED) is 0.553. The highest BCUT2D eigenvalue weighted by Gasteiger charge is 2.29. The molecule has 2 aromatic carbocycles. The van der Waals surface area contributed by atoms with E-state index in [1.165, 1.54) is 27.6 Å². The molecule has 1 aromatic heterocycles. The largest absolute Gasteiger partial charge is 0.379 e. The summed E-state index contributed by atoms with van der Waals surface area (Å²) in [6.45, 7) is 8.11. The summed E-state index contributed by atoms with van der Waals surface area (Å²) in [5.74, 6) is 1.75. The van der Waals surface area contributed by atoms with Crippen LogP contribution in [0.5, 0.6) is 0 Å². The topological polar surface area (TPSA) is 86.5 Å². The van der Waals surface area contributed by atoms with E-state index in [1.807, 2.05) is 0 Å². The lowest BCUT2D eigenvalue weighted by atomic mass is 9.99. The summed E-state index contributed by atoms with van der Waals surface area (Å²) >= 11 is 0. The Morgan fingerprint density at radius 2 is 2.05 bits per heavy atom. The van der Waals surface area contributed by atoms with E-state index in [0.717, 1.165) is 69.5 Å². The highest BCUT2D eigenvalue weighted by molar-refractivity contribution is 5.97. The molecule has 192 valence electrons. The van der Waals surface area contributed by atoms with Gasteiger partial charge in [-0.05, 0) is 36.8 Å². The minimum atomic E-state index is 0.109. The molecule has 4 heterocycles. The SMILES string of the molecule is Cc1cccc2cccc(N3CCc4c(nc(CO[C@H]5CCOC5)nc4N4CCN[C@@H](CC#N)C4)C3)c12. The standard InChI is InChI=1S/C29H34N6O2/c1-20-4-2-5-21-6-3-7-26(28(20)21)34-13-9-24-25(17-34)32-27(19-37-23-10-15-36-18-23)33-29(24)35-14-12-31-22(16-35)8-11-30/h2-7,22-23,31H,8-10,12-19H2,1H3/t22-,23-/m0/s1. The van der Waals surface area contributed by atoms with E-state index < -0.39 is 0 Å². The van der Waals surface area contributed by atoms with E-state index >= 15 is 0 Å². The molecule has 6 rings (SSSR count). The van der Waals surface area contributed by atoms with E-state index in [1.54, 1.807) is 0 Å². The molecule has 8 nitrogen and oxygen atoms in total. The fourth-order valence-corrected chi connectivity index (χ4v) is 5.86. The van der Waals surface area contributed by atoms with Crippen molar-refractivity contribution in [3.05, 3.63) is 59.0 Å². The number of nitrogens with one attached hydrogen (secondary N) is 1. The second-order valence-corrected chi connectivity index (χ2v) is 10.3. The molecule has 3 aliphatic heterocycles. The normalized spacial score (nSPS) is 21.7. The second-order valence-electron chi connectivity index (χ2n) is 10.3. The van der Waals surface area contributed by atoms with Gasteiger partial charge in [0.1, 0.15) is 12.4 Å². The van der Waals surface area contributed by atoms with Crippen molar-refractivity contribution >= 4 is 22.3 Å². The lowest BCUT2D eigenvalue weighted by Gasteiger charge is -2.37. The number of nitriles is 1. The van der Waals surface area contributed by atoms with Crippen LogP contribution in [0.1, 0.15) is 35.5 Å². The third kappa shape index (κ3) is 4.99. The molecule has 0 bridgehead atoms. The summed E-state index contributed by atoms with van der Waals surface area (Å²) in [4.78, 5) is 14.9. The van der Waals surface area contributed by atoms with Crippen LogP contribution in [-0.4, -0.2) is 61.5 Å². The van der Waals surface area contributed by atoms with Crippen LogP contribution in [0, 0.1) is 18.3 Å². The number of aryl methyl sites for hydroxylation is 1. The van der Waals surface area contributed by atoms with Crippen LogP contribution >= 0.6 is 0 Å². The van der Waals surface area contributed by atoms with Crippen molar-refractivity contribution in [2.45, 2.75) is 51.5 Å². The number of aromatic nitrogens is 2. The number of hydrogen-bond donors (Lipinski definition) is 1. The molecular formula is C29H34N6O2. The van der Waals surface area contributed by atoms with Crippen LogP contribution in [-0.2, 0) is 29.0 Å². The van der Waals surface area contributed by atoms with Crippen LogP contribution in [0.15, 0.2) is 36.4 Å². The number of fused-ring (bicyclic) bond motifs is 2. The Hall–Kier alpha value is -3.25. The van der Waals surface area contributed by atoms with Crippen LogP contribution in [0.2, 0.25) is 0 Å². The van der Waals surface area contributed by atoms with Gasteiger partial charge in [0.15, 0.2) is 5.82 Å². The van der Waals surface area contributed by atoms with Gasteiger partial charge in [-0.15, -0.1) is 0 Å². The number of hydrogen-bond acceptors (Lipinski definition) is 8. The van der Waals surface area contributed by atoms with Gasteiger partial charge in [-0.25, -0.2) is 9.97 Å². The molecule has 1 N–H and O–H groups in total. The first-order valence-electron chi connectivity index (χ1n) is 13.4. The molecule has 0 unspecified atom stereocenters. The Labute approximate surface area is 218 Å². The highest BCUT2D eigenvalue weighted by atomic mass is 16.5. The fourth-order valence-electron chi connectivity index (χ4n) is 5.86. The number of piperazine rings is 1. The molecule has 0 amide bonds. The van der Waals surface area contributed by atoms with Gasteiger partial charge in [-0.3, -0.25) is 0 Å². The summed E-state index contributed by atoms with van der Waals surface area (Å²) in [6.07, 6.45) is 2.41. The van der Waals surface area contributed by atoms with Gasteiger partial charge in [0.25, 0.3) is 0 Å². The highest BCUT2D eigenvalue weighted by Crippen LogP contribution is 2.35. The van der Waals surface area contributed by atoms with Crippen molar-refractivity contribution in [2.75, 3.05) is 49.2 Å². The molecule has 0 spiro atoms. The fraction of sp³-hybridized carbons (Fsp3) is 0.483. The summed E-state index contributed by atoms with van der Waals surface area (Å²) in [6, 6.07) is 15.5. The molecular weight excluding hydrogens is 464 g/mol. The minimum absolute atomic E-state index is 0.109. The Morgan fingerprint density at radius 3 is 2.89 bits per heavy atom. The first kappa shape index (κ1) is 24.1. The maximum absolute atomic E-state index is 9.25. The molecule has 0 radical (unpaired) electrons. The third-order valence-corrected chi connectivity index (χ3v) is 7.75. The summed E-state index contributed by atoms with van der Waals surface area (Å²) in [7, 11) is 0. The molecule has 3 aliphatic rings.